The molecule has 1 amide bonds. The Balaban J connectivity index is 1.76. The highest BCUT2D eigenvalue weighted by atomic mass is 79.9. The molecule has 5 rings (SSSR count). The third-order valence-corrected chi connectivity index (χ3v) is 6.95. The maximum absolute atomic E-state index is 13.8. The van der Waals surface area contributed by atoms with Gasteiger partial charge in [0.2, 0.25) is 5.76 Å². The van der Waals surface area contributed by atoms with Gasteiger partial charge in [0.25, 0.3) is 5.91 Å². The Kier molecular flexibility index (Phi) is 6.90. The minimum absolute atomic E-state index is 0.0454. The first kappa shape index (κ1) is 24.6. The van der Waals surface area contributed by atoms with Crippen molar-refractivity contribution < 1.29 is 18.7 Å². The van der Waals surface area contributed by atoms with Crippen LogP contribution in [0.3, 0.4) is 0 Å². The molecular formula is C28H23Br2NO5. The number of anilines is 1. The second-order valence-electron chi connectivity index (χ2n) is 8.36. The molecule has 1 aromatic heterocycles. The van der Waals surface area contributed by atoms with Crippen LogP contribution in [0.5, 0.6) is 11.5 Å². The van der Waals surface area contributed by atoms with Crippen molar-refractivity contribution in [3.05, 3.63) is 96.7 Å². The van der Waals surface area contributed by atoms with E-state index < -0.39 is 6.04 Å². The van der Waals surface area contributed by atoms with Crippen LogP contribution in [0.1, 0.15) is 48.0 Å². The largest absolute Gasteiger partial charge is 0.490 e. The Morgan fingerprint density at radius 3 is 2.47 bits per heavy atom. The van der Waals surface area contributed by atoms with Crippen LogP contribution in [0.2, 0.25) is 0 Å². The highest BCUT2D eigenvalue weighted by Crippen LogP contribution is 2.44. The molecule has 0 fully saturated rings. The molecular weight excluding hydrogens is 590 g/mol. The molecule has 2 heterocycles. The predicted octanol–water partition coefficient (Wildman–Crippen LogP) is 7.26. The van der Waals surface area contributed by atoms with Gasteiger partial charge in [-0.2, -0.15) is 0 Å². The van der Waals surface area contributed by atoms with Crippen LogP contribution in [-0.2, 0) is 0 Å². The summed E-state index contributed by atoms with van der Waals surface area (Å²) < 4.78 is 19.4. The van der Waals surface area contributed by atoms with Gasteiger partial charge in [0.15, 0.2) is 16.9 Å². The first-order chi connectivity index (χ1) is 17.4. The van der Waals surface area contributed by atoms with Crippen LogP contribution >= 0.6 is 31.9 Å². The fourth-order valence-corrected chi connectivity index (χ4v) is 5.20. The van der Waals surface area contributed by atoms with Gasteiger partial charge in [-0.25, -0.2) is 0 Å². The Bertz CT molecular complexity index is 1530. The molecule has 3 aromatic carbocycles. The zero-order chi connectivity index (χ0) is 25.4. The third kappa shape index (κ3) is 4.33. The summed E-state index contributed by atoms with van der Waals surface area (Å²) in [7, 11) is 0. The van der Waals surface area contributed by atoms with E-state index in [-0.39, 0.29) is 17.1 Å². The lowest BCUT2D eigenvalue weighted by atomic mass is 9.97. The number of nitrogens with zero attached hydrogens (tertiary/aromatic N) is 1. The number of rotatable bonds is 7. The Morgan fingerprint density at radius 1 is 0.917 bits per heavy atom. The summed E-state index contributed by atoms with van der Waals surface area (Å²) in [5.74, 6) is 0.852. The highest BCUT2D eigenvalue weighted by Gasteiger charge is 2.44. The van der Waals surface area contributed by atoms with Crippen LogP contribution < -0.4 is 19.8 Å². The van der Waals surface area contributed by atoms with Crippen LogP contribution in [-0.4, -0.2) is 19.1 Å². The molecule has 1 aliphatic rings. The number of carbonyl (C=O) groups excluding carboxylic acids is 1. The number of amides is 1. The maximum atomic E-state index is 13.8. The van der Waals surface area contributed by atoms with Gasteiger partial charge in [-0.1, -0.05) is 50.9 Å². The summed E-state index contributed by atoms with van der Waals surface area (Å²) in [6.07, 6.45) is 0.859. The first-order valence-corrected chi connectivity index (χ1v) is 13.3. The smallest absolute Gasteiger partial charge is 0.295 e. The molecule has 0 aliphatic carbocycles. The van der Waals surface area contributed by atoms with Gasteiger partial charge in [0.1, 0.15) is 5.58 Å². The fraction of sp³-hybridized carbons (Fsp3) is 0.214. The summed E-state index contributed by atoms with van der Waals surface area (Å²) in [4.78, 5) is 29.2. The van der Waals surface area contributed by atoms with Gasteiger partial charge in [-0.05, 0) is 67.4 Å². The Labute approximate surface area is 225 Å². The number of carbonyl (C=O) groups is 1. The molecule has 36 heavy (non-hydrogen) atoms. The molecule has 1 aliphatic heterocycles. The number of halogens is 2. The molecule has 8 heteroatoms. The molecule has 6 nitrogen and oxygen atoms in total. The van der Waals surface area contributed by atoms with Crippen LogP contribution in [0.15, 0.2) is 78.8 Å². The number of hydrogen-bond acceptors (Lipinski definition) is 5. The zero-order valence-corrected chi connectivity index (χ0v) is 22.9. The standard InChI is InChI=1S/C28H23Br2NO5/c1-3-12-35-22-10-8-16(13-23(22)34-4-2)25-24-26(32)20-15-18(30)9-11-21(20)36-27(24)28(33)31(25)19-7-5-6-17(29)14-19/h5-11,13-15,25H,3-4,12H2,1-2H3. The molecule has 1 atom stereocenters. The van der Waals surface area contributed by atoms with Gasteiger partial charge in [-0.15, -0.1) is 0 Å². The first-order valence-electron chi connectivity index (χ1n) is 11.7. The van der Waals surface area contributed by atoms with E-state index in [0.717, 1.165) is 20.9 Å². The molecule has 0 bridgehead atoms. The summed E-state index contributed by atoms with van der Waals surface area (Å²) >= 11 is 6.94. The minimum Gasteiger partial charge on any atom is -0.490 e. The van der Waals surface area contributed by atoms with E-state index >= 15 is 0 Å². The fourth-order valence-electron chi connectivity index (χ4n) is 4.45. The number of hydrogen-bond donors (Lipinski definition) is 0. The van der Waals surface area contributed by atoms with E-state index in [9.17, 15) is 9.59 Å². The van der Waals surface area contributed by atoms with E-state index in [1.165, 1.54) is 0 Å². The number of fused-ring (bicyclic) bond motifs is 2. The van der Waals surface area contributed by atoms with Crippen molar-refractivity contribution in [3.8, 4) is 11.5 Å². The summed E-state index contributed by atoms with van der Waals surface area (Å²) in [5.41, 5.74) is 1.78. The SMILES string of the molecule is CCCOc1ccc(C2c3c(oc4ccc(Br)cc4c3=O)C(=O)N2c2cccc(Br)c2)cc1OCC. The lowest BCUT2D eigenvalue weighted by Crippen LogP contribution is -2.29. The van der Waals surface area contributed by atoms with E-state index in [0.29, 0.717) is 46.9 Å². The molecule has 4 aromatic rings. The summed E-state index contributed by atoms with van der Waals surface area (Å²) in [6.45, 7) is 4.94. The average molecular weight is 613 g/mol. The van der Waals surface area contributed by atoms with Gasteiger partial charge < -0.3 is 13.9 Å². The topological polar surface area (TPSA) is 69.0 Å². The van der Waals surface area contributed by atoms with Crippen LogP contribution in [0.25, 0.3) is 11.0 Å². The molecule has 184 valence electrons. The van der Waals surface area contributed by atoms with Crippen LogP contribution in [0.4, 0.5) is 5.69 Å². The molecule has 1 unspecified atom stereocenters. The van der Waals surface area contributed by atoms with Crippen molar-refractivity contribution in [2.24, 2.45) is 0 Å². The van der Waals surface area contributed by atoms with E-state index in [1.54, 1.807) is 23.1 Å². The average Bonchev–Trinajstić information content (AvgIpc) is 3.16. The Morgan fingerprint density at radius 2 is 1.72 bits per heavy atom. The second kappa shape index (κ2) is 10.1. The van der Waals surface area contributed by atoms with Crippen LogP contribution in [0, 0.1) is 0 Å². The van der Waals surface area contributed by atoms with Gasteiger partial charge in [0, 0.05) is 14.6 Å². The van der Waals surface area contributed by atoms with Gasteiger partial charge >= 0.3 is 0 Å². The molecule has 0 N–H and O–H groups in total. The van der Waals surface area contributed by atoms with Crippen molar-refractivity contribution in [3.63, 3.8) is 0 Å². The lowest BCUT2D eigenvalue weighted by Gasteiger charge is -2.26. The second-order valence-corrected chi connectivity index (χ2v) is 10.2. The van der Waals surface area contributed by atoms with Crippen molar-refractivity contribution in [2.45, 2.75) is 26.3 Å². The van der Waals surface area contributed by atoms with Crippen molar-refractivity contribution in [1.29, 1.82) is 0 Å². The number of ether oxygens (including phenoxy) is 2. The van der Waals surface area contributed by atoms with Gasteiger partial charge in [-0.3, -0.25) is 14.5 Å². The minimum atomic E-state index is -0.708. The maximum Gasteiger partial charge on any atom is 0.295 e. The van der Waals surface area contributed by atoms with Crippen molar-refractivity contribution >= 4 is 54.4 Å². The van der Waals surface area contributed by atoms with Crippen molar-refractivity contribution in [2.75, 3.05) is 18.1 Å². The van der Waals surface area contributed by atoms with Gasteiger partial charge in [0.05, 0.1) is 30.2 Å². The molecule has 0 spiro atoms. The molecule has 0 radical (unpaired) electrons. The zero-order valence-electron chi connectivity index (χ0n) is 19.7. The van der Waals surface area contributed by atoms with E-state index in [2.05, 4.69) is 31.9 Å². The quantitative estimate of drug-likeness (QED) is 0.220. The third-order valence-electron chi connectivity index (χ3n) is 5.96. The molecule has 0 saturated heterocycles. The number of benzene rings is 3. The van der Waals surface area contributed by atoms with E-state index in [1.807, 2.05) is 56.3 Å². The normalized spacial score (nSPS) is 14.8. The van der Waals surface area contributed by atoms with E-state index in [4.69, 9.17) is 13.9 Å². The predicted molar refractivity (Wildman–Crippen MR) is 146 cm³/mol. The molecule has 0 saturated carbocycles. The lowest BCUT2D eigenvalue weighted by molar-refractivity contribution is 0.0971. The monoisotopic (exact) mass is 611 g/mol. The highest BCUT2D eigenvalue weighted by molar-refractivity contribution is 9.10. The summed E-state index contributed by atoms with van der Waals surface area (Å²) in [6, 6.07) is 17.5. The Hall–Kier alpha value is -3.10. The van der Waals surface area contributed by atoms with Crippen molar-refractivity contribution in [1.82, 2.24) is 0 Å². The summed E-state index contributed by atoms with van der Waals surface area (Å²) in [5, 5.41) is 0.407.